The van der Waals surface area contributed by atoms with Crippen LogP contribution in [0.15, 0.2) is 103 Å². The molecule has 3 atom stereocenters. The van der Waals surface area contributed by atoms with Crippen molar-refractivity contribution in [2.24, 2.45) is 4.99 Å². The van der Waals surface area contributed by atoms with Gasteiger partial charge < -0.3 is 4.90 Å². The summed E-state index contributed by atoms with van der Waals surface area (Å²) >= 11 is 0. The Hall–Kier alpha value is -3.13. The van der Waals surface area contributed by atoms with E-state index in [9.17, 15) is 0 Å². The van der Waals surface area contributed by atoms with Crippen molar-refractivity contribution >= 4 is 5.71 Å². The topological polar surface area (TPSA) is 15.6 Å². The lowest BCUT2D eigenvalue weighted by atomic mass is 9.75. The molecule has 0 N–H and O–H groups in total. The Balaban J connectivity index is 1.64. The third-order valence-electron chi connectivity index (χ3n) is 6.48. The van der Waals surface area contributed by atoms with Gasteiger partial charge in [-0.1, -0.05) is 73.8 Å². The van der Waals surface area contributed by atoms with Gasteiger partial charge in [0.25, 0.3) is 0 Å². The maximum Gasteiger partial charge on any atom is 0.0730 e. The predicted octanol–water partition coefficient (Wildman–Crippen LogP) is 6.10. The second-order valence-corrected chi connectivity index (χ2v) is 8.09. The average molecular weight is 379 g/mol. The summed E-state index contributed by atoms with van der Waals surface area (Å²) in [6.07, 6.45) is 13.7. The zero-order valence-electron chi connectivity index (χ0n) is 16.7. The molecule has 0 bridgehead atoms. The van der Waals surface area contributed by atoms with Crippen LogP contribution in [0.4, 0.5) is 0 Å². The van der Waals surface area contributed by atoms with Gasteiger partial charge in [-0.2, -0.15) is 0 Å². The van der Waals surface area contributed by atoms with E-state index >= 15 is 0 Å². The molecule has 0 saturated heterocycles. The minimum atomic E-state index is 0.295. The third-order valence-corrected chi connectivity index (χ3v) is 6.48. The summed E-state index contributed by atoms with van der Waals surface area (Å²) in [5.41, 5.74) is 7.30. The second-order valence-electron chi connectivity index (χ2n) is 8.09. The van der Waals surface area contributed by atoms with Crippen LogP contribution in [-0.4, -0.2) is 16.7 Å². The average Bonchev–Trinajstić information content (AvgIpc) is 2.77. The number of allylic oxidation sites excluding steroid dienone is 3. The van der Waals surface area contributed by atoms with Gasteiger partial charge in [-0.15, -0.1) is 0 Å². The number of nitrogens with zero attached hydrogens (tertiary/aromatic N) is 2. The Morgan fingerprint density at radius 2 is 1.79 bits per heavy atom. The maximum atomic E-state index is 4.92. The summed E-state index contributed by atoms with van der Waals surface area (Å²) in [5.74, 6) is 0.448. The quantitative estimate of drug-likeness (QED) is 0.585. The predicted molar refractivity (Wildman–Crippen MR) is 121 cm³/mol. The minimum absolute atomic E-state index is 0.295. The van der Waals surface area contributed by atoms with Crippen LogP contribution in [0.1, 0.15) is 47.1 Å². The van der Waals surface area contributed by atoms with Crippen molar-refractivity contribution in [3.8, 4) is 0 Å². The number of rotatable bonds is 1. The molecule has 3 unspecified atom stereocenters. The Bertz CT molecular complexity index is 1060. The zero-order valence-corrected chi connectivity index (χ0v) is 16.7. The zero-order chi connectivity index (χ0) is 19.8. The highest BCUT2D eigenvalue weighted by molar-refractivity contribution is 6.09. The number of benzene rings is 2. The first kappa shape index (κ1) is 17.9. The van der Waals surface area contributed by atoms with Crippen LogP contribution in [0.5, 0.6) is 0 Å². The fraction of sp³-hybridized carbons (Fsp3) is 0.222. The van der Waals surface area contributed by atoms with Gasteiger partial charge in [-0.05, 0) is 41.7 Å². The van der Waals surface area contributed by atoms with E-state index in [-0.39, 0.29) is 0 Å². The lowest BCUT2D eigenvalue weighted by Crippen LogP contribution is -2.44. The molecular formula is C27H26N2. The fourth-order valence-corrected chi connectivity index (χ4v) is 5.19. The summed E-state index contributed by atoms with van der Waals surface area (Å²) in [4.78, 5) is 7.44. The van der Waals surface area contributed by atoms with Gasteiger partial charge in [-0.3, -0.25) is 4.99 Å². The first-order chi connectivity index (χ1) is 14.3. The first-order valence-corrected chi connectivity index (χ1v) is 10.4. The van der Waals surface area contributed by atoms with Crippen LogP contribution < -0.4 is 0 Å². The number of aryl methyl sites for hydroxylation is 1. The highest BCUT2D eigenvalue weighted by atomic mass is 15.2. The molecule has 2 nitrogen and oxygen atoms in total. The molecule has 144 valence electrons. The molecular weight excluding hydrogens is 352 g/mol. The number of hydrogen-bond acceptors (Lipinski definition) is 2. The van der Waals surface area contributed by atoms with E-state index in [2.05, 4.69) is 91.0 Å². The Morgan fingerprint density at radius 3 is 2.66 bits per heavy atom. The molecule has 3 heterocycles. The van der Waals surface area contributed by atoms with Gasteiger partial charge in [0.2, 0.25) is 0 Å². The van der Waals surface area contributed by atoms with Crippen molar-refractivity contribution in [1.82, 2.24) is 4.90 Å². The van der Waals surface area contributed by atoms with Gasteiger partial charge in [-0.25, -0.2) is 0 Å². The van der Waals surface area contributed by atoms with Crippen molar-refractivity contribution in [2.75, 3.05) is 0 Å². The van der Waals surface area contributed by atoms with Crippen molar-refractivity contribution in [2.45, 2.75) is 37.3 Å². The summed E-state index contributed by atoms with van der Waals surface area (Å²) in [7, 11) is 0. The number of aliphatic imine (C=N–C) groups is 1. The van der Waals surface area contributed by atoms with Crippen molar-refractivity contribution in [3.63, 3.8) is 0 Å². The molecule has 0 saturated carbocycles. The van der Waals surface area contributed by atoms with E-state index in [0.29, 0.717) is 18.0 Å². The van der Waals surface area contributed by atoms with E-state index < -0.39 is 0 Å². The van der Waals surface area contributed by atoms with Crippen molar-refractivity contribution in [1.29, 1.82) is 0 Å². The Labute approximate surface area is 173 Å². The molecule has 5 rings (SSSR count). The molecule has 0 amide bonds. The normalized spacial score (nSPS) is 27.0. The first-order valence-electron chi connectivity index (χ1n) is 10.4. The van der Waals surface area contributed by atoms with Gasteiger partial charge in [0.15, 0.2) is 0 Å². The van der Waals surface area contributed by atoms with Crippen LogP contribution in [0.25, 0.3) is 0 Å². The van der Waals surface area contributed by atoms with Gasteiger partial charge in [0.1, 0.15) is 0 Å². The largest absolute Gasteiger partial charge is 0.363 e. The second kappa shape index (κ2) is 7.36. The summed E-state index contributed by atoms with van der Waals surface area (Å²) in [5, 5.41) is 0. The summed E-state index contributed by atoms with van der Waals surface area (Å²) in [6.45, 7) is 8.36. The lowest BCUT2D eigenvalue weighted by molar-refractivity contribution is 0.174. The van der Waals surface area contributed by atoms with Crippen LogP contribution in [0.3, 0.4) is 0 Å². The van der Waals surface area contributed by atoms with Gasteiger partial charge >= 0.3 is 0 Å². The molecule has 3 aliphatic rings. The summed E-state index contributed by atoms with van der Waals surface area (Å²) in [6, 6.07) is 18.2. The lowest BCUT2D eigenvalue weighted by Gasteiger charge is -2.47. The van der Waals surface area contributed by atoms with Crippen LogP contribution in [0.2, 0.25) is 0 Å². The monoisotopic (exact) mass is 378 g/mol. The molecule has 0 fully saturated rings. The fourth-order valence-electron chi connectivity index (χ4n) is 5.19. The molecule has 2 aromatic rings. The number of fused-ring (bicyclic) bond motifs is 7. The van der Waals surface area contributed by atoms with E-state index in [1.165, 1.54) is 22.3 Å². The highest BCUT2D eigenvalue weighted by Crippen LogP contribution is 2.46. The van der Waals surface area contributed by atoms with E-state index in [4.69, 9.17) is 4.99 Å². The smallest absolute Gasteiger partial charge is 0.0730 e. The van der Waals surface area contributed by atoms with Crippen LogP contribution in [0, 0.1) is 0 Å². The van der Waals surface area contributed by atoms with E-state index in [0.717, 1.165) is 30.7 Å². The van der Waals surface area contributed by atoms with Crippen molar-refractivity contribution < 1.29 is 0 Å². The SMILES string of the molecule is C=C/C1=N/C(=C)CC2C(CCc3ccccc31)c1ccccc1C1C=CC=CN12. The number of hydrogen-bond donors (Lipinski definition) is 0. The van der Waals surface area contributed by atoms with Crippen LogP contribution >= 0.6 is 0 Å². The molecule has 0 spiro atoms. The molecule has 29 heavy (non-hydrogen) atoms. The van der Waals surface area contributed by atoms with Gasteiger partial charge in [0.05, 0.1) is 11.8 Å². The highest BCUT2D eigenvalue weighted by Gasteiger charge is 2.39. The van der Waals surface area contributed by atoms with E-state index in [1.807, 2.05) is 6.08 Å². The molecule has 0 aliphatic carbocycles. The van der Waals surface area contributed by atoms with Crippen molar-refractivity contribution in [3.05, 3.63) is 120 Å². The van der Waals surface area contributed by atoms with Gasteiger partial charge in [0, 0.05) is 35.8 Å². The molecule has 2 aromatic carbocycles. The van der Waals surface area contributed by atoms with E-state index in [1.54, 1.807) is 0 Å². The third kappa shape index (κ3) is 3.09. The molecule has 0 aromatic heterocycles. The van der Waals surface area contributed by atoms with Crippen LogP contribution in [-0.2, 0) is 6.42 Å². The molecule has 3 aliphatic heterocycles. The minimum Gasteiger partial charge on any atom is -0.363 e. The molecule has 2 heteroatoms. The Kier molecular flexibility index (Phi) is 4.55. The Morgan fingerprint density at radius 1 is 1.00 bits per heavy atom. The summed E-state index contributed by atoms with van der Waals surface area (Å²) < 4.78 is 0. The maximum absolute atomic E-state index is 4.92. The molecule has 0 radical (unpaired) electrons. The standard InChI is InChI=1S/C27H26N2/c1-3-25-21-11-5-4-10-20(21)15-16-24-22-12-6-7-13-23(22)26-14-8-9-17-29(26)27(24)18-19(2)28-25/h3-14,17,24,26-27H,1-2,15-16,18H2/b28-25-.